The van der Waals surface area contributed by atoms with Gasteiger partial charge in [-0.1, -0.05) is 38.2 Å². The molecule has 2 rings (SSSR count). The van der Waals surface area contributed by atoms with Gasteiger partial charge in [0.15, 0.2) is 6.10 Å². The van der Waals surface area contributed by atoms with E-state index in [9.17, 15) is 34.5 Å². The van der Waals surface area contributed by atoms with Crippen molar-refractivity contribution in [3.05, 3.63) is 58.1 Å². The summed E-state index contributed by atoms with van der Waals surface area (Å²) in [7, 11) is 2.89. The van der Waals surface area contributed by atoms with Crippen molar-refractivity contribution in [3.8, 4) is 0 Å². The number of nitrogens with two attached hydrogens (primary N) is 1. The molecule has 6 atom stereocenters. The molecule has 0 aromatic heterocycles. The summed E-state index contributed by atoms with van der Waals surface area (Å²) in [6.45, 7) is 6.97. The standard InChI is InChI=1S/C34H52N4O10/c1-19-16-23-26(36-12-8-14-39)31(43)27(37-13-9-15-40)28(30(23)42)38-33(44)20(2)10-7-11-24(46-5)32(48-34(35)45)22(4)18-21(3)29(41)25(17-19)47-6/h7,10-11,18-19,21,24-25,29,32,36-37,39-41H,8-9,12-17H2,1-6H3,(H2,35,45)(H,38,44)/b11-7-,20-10+,22-18+/t19-,21+,24+,25+,29-,32+/m1/s1. The molecule has 0 fully saturated rings. The average molecular weight is 677 g/mol. The zero-order valence-corrected chi connectivity index (χ0v) is 28.7. The monoisotopic (exact) mass is 676 g/mol. The van der Waals surface area contributed by atoms with Gasteiger partial charge in [0, 0.05) is 57.6 Å². The lowest BCUT2D eigenvalue weighted by Crippen LogP contribution is -2.43. The minimum Gasteiger partial charge on any atom is -0.439 e. The molecule has 48 heavy (non-hydrogen) atoms. The van der Waals surface area contributed by atoms with Crippen molar-refractivity contribution >= 4 is 23.6 Å². The van der Waals surface area contributed by atoms with E-state index in [4.69, 9.17) is 19.9 Å². The van der Waals surface area contributed by atoms with Crippen LogP contribution in [0.25, 0.3) is 0 Å². The third kappa shape index (κ3) is 11.1. The van der Waals surface area contributed by atoms with Gasteiger partial charge in [-0.3, -0.25) is 14.4 Å². The molecule has 1 aliphatic carbocycles. The lowest BCUT2D eigenvalue weighted by Gasteiger charge is -2.30. The van der Waals surface area contributed by atoms with Crippen molar-refractivity contribution in [2.75, 3.05) is 40.5 Å². The molecule has 2 aliphatic rings. The molecule has 0 radical (unpaired) electrons. The van der Waals surface area contributed by atoms with Gasteiger partial charge in [-0.15, -0.1) is 0 Å². The number of hydrogen-bond donors (Lipinski definition) is 7. The Kier molecular flexibility index (Phi) is 16.7. The van der Waals surface area contributed by atoms with Crippen molar-refractivity contribution in [1.82, 2.24) is 16.0 Å². The predicted molar refractivity (Wildman–Crippen MR) is 178 cm³/mol. The van der Waals surface area contributed by atoms with E-state index in [2.05, 4.69) is 16.0 Å². The Morgan fingerprint density at radius 2 is 1.62 bits per heavy atom. The van der Waals surface area contributed by atoms with Crippen LogP contribution >= 0.6 is 0 Å². The molecule has 2 amide bonds. The topological polar surface area (TPSA) is 219 Å². The summed E-state index contributed by atoms with van der Waals surface area (Å²) in [6, 6.07) is 0. The Balaban J connectivity index is 2.74. The number of ether oxygens (including phenoxy) is 3. The van der Waals surface area contributed by atoms with Gasteiger partial charge < -0.3 is 51.2 Å². The highest BCUT2D eigenvalue weighted by Crippen LogP contribution is 2.30. The van der Waals surface area contributed by atoms with Gasteiger partial charge >= 0.3 is 6.09 Å². The molecule has 14 nitrogen and oxygen atoms in total. The lowest BCUT2D eigenvalue weighted by molar-refractivity contribution is -0.120. The van der Waals surface area contributed by atoms with Crippen molar-refractivity contribution in [1.29, 1.82) is 0 Å². The number of ketones is 2. The first-order valence-electron chi connectivity index (χ1n) is 16.1. The summed E-state index contributed by atoms with van der Waals surface area (Å²) >= 11 is 0. The SMILES string of the molecule is CO[C@H]1/C=C\C=C(/C)C(=O)NC2=C(NCCCO)C(=O)C(NCCCO)=C(C[C@@H](C)C[C@H](OC)[C@H](O)[C@@H](C)/C=C(\C)[C@@H]1OC(N)=O)C2=O. The number of hydrogen-bond acceptors (Lipinski definition) is 12. The van der Waals surface area contributed by atoms with Crippen LogP contribution in [0.2, 0.25) is 0 Å². The number of rotatable bonds is 11. The summed E-state index contributed by atoms with van der Waals surface area (Å²) in [4.78, 5) is 53.3. The largest absolute Gasteiger partial charge is 0.439 e. The number of methoxy groups -OCH3 is 2. The fourth-order valence-electron chi connectivity index (χ4n) is 5.60. The maximum Gasteiger partial charge on any atom is 0.405 e. The van der Waals surface area contributed by atoms with Crippen LogP contribution in [0, 0.1) is 11.8 Å². The summed E-state index contributed by atoms with van der Waals surface area (Å²) < 4.78 is 16.7. The van der Waals surface area contributed by atoms with Crippen LogP contribution in [0.4, 0.5) is 4.79 Å². The molecular weight excluding hydrogens is 624 g/mol. The summed E-state index contributed by atoms with van der Waals surface area (Å²) in [5.74, 6) is -2.53. The van der Waals surface area contributed by atoms with E-state index < -0.39 is 53.9 Å². The van der Waals surface area contributed by atoms with Gasteiger partial charge in [-0.2, -0.15) is 0 Å². The number of primary amides is 1. The zero-order chi connectivity index (χ0) is 36.0. The van der Waals surface area contributed by atoms with E-state index in [1.165, 1.54) is 33.3 Å². The fraction of sp³-hybridized carbons (Fsp3) is 0.588. The van der Waals surface area contributed by atoms with Crippen LogP contribution in [0.1, 0.15) is 53.4 Å². The van der Waals surface area contributed by atoms with E-state index in [-0.39, 0.29) is 73.3 Å². The highest BCUT2D eigenvalue weighted by Gasteiger charge is 2.37. The van der Waals surface area contributed by atoms with Gasteiger partial charge in [0.1, 0.15) is 17.5 Å². The maximum atomic E-state index is 14.2. The zero-order valence-electron chi connectivity index (χ0n) is 28.7. The minimum absolute atomic E-state index is 0.0541. The quantitative estimate of drug-likeness (QED) is 0.0928. The number of carbonyl (C=O) groups excluding carboxylic acids is 4. The van der Waals surface area contributed by atoms with E-state index in [1.807, 2.05) is 6.92 Å². The van der Waals surface area contributed by atoms with Crippen molar-refractivity contribution in [3.63, 3.8) is 0 Å². The van der Waals surface area contributed by atoms with Crippen molar-refractivity contribution in [2.24, 2.45) is 17.6 Å². The number of fused-ring (bicyclic) bond motifs is 2. The molecule has 1 aliphatic heterocycles. The van der Waals surface area contributed by atoms with Gasteiger partial charge in [0.25, 0.3) is 5.91 Å². The van der Waals surface area contributed by atoms with Gasteiger partial charge in [-0.05, 0) is 51.0 Å². The number of aliphatic hydroxyl groups excluding tert-OH is 3. The number of allylic oxidation sites excluding steroid dienone is 3. The summed E-state index contributed by atoms with van der Waals surface area (Å²) in [6.07, 6.45) is 2.82. The molecule has 0 aromatic rings. The molecule has 1 heterocycles. The van der Waals surface area contributed by atoms with Crippen LogP contribution in [0.3, 0.4) is 0 Å². The molecular formula is C34H52N4O10. The molecule has 0 spiro atoms. The van der Waals surface area contributed by atoms with E-state index in [0.29, 0.717) is 18.4 Å². The Labute approximate surface area is 282 Å². The smallest absolute Gasteiger partial charge is 0.405 e. The van der Waals surface area contributed by atoms with Gasteiger partial charge in [-0.25, -0.2) is 4.79 Å². The van der Waals surface area contributed by atoms with Crippen LogP contribution in [-0.2, 0) is 28.6 Å². The van der Waals surface area contributed by atoms with E-state index in [1.54, 1.807) is 26.0 Å². The first-order valence-corrected chi connectivity index (χ1v) is 16.1. The summed E-state index contributed by atoms with van der Waals surface area (Å²) in [5.41, 5.74) is 5.97. The molecule has 2 bridgehead atoms. The van der Waals surface area contributed by atoms with E-state index in [0.717, 1.165) is 0 Å². The van der Waals surface area contributed by atoms with Crippen LogP contribution < -0.4 is 21.7 Å². The van der Waals surface area contributed by atoms with Gasteiger partial charge in [0.05, 0.1) is 17.9 Å². The molecule has 0 saturated carbocycles. The van der Waals surface area contributed by atoms with Crippen molar-refractivity contribution < 1.29 is 48.7 Å². The number of Topliss-reactive ketones (excluding diaryl/α,β-unsaturated/α-hetero) is 2. The highest BCUT2D eigenvalue weighted by molar-refractivity contribution is 6.25. The second kappa shape index (κ2) is 19.9. The average Bonchev–Trinajstić information content (AvgIpc) is 3.04. The first-order chi connectivity index (χ1) is 22.8. The first kappa shape index (κ1) is 40.4. The minimum atomic E-state index is -1.02. The van der Waals surface area contributed by atoms with E-state index >= 15 is 0 Å². The second-order valence-electron chi connectivity index (χ2n) is 12.1. The van der Waals surface area contributed by atoms with Gasteiger partial charge in [0.2, 0.25) is 11.6 Å². The fourth-order valence-corrected chi connectivity index (χ4v) is 5.60. The Bertz CT molecular complexity index is 1320. The maximum absolute atomic E-state index is 14.2. The highest BCUT2D eigenvalue weighted by atomic mass is 16.6. The number of amides is 2. The normalized spacial score (nSPS) is 29.4. The molecule has 0 aromatic carbocycles. The molecule has 0 saturated heterocycles. The number of carbonyl (C=O) groups is 4. The number of aliphatic hydroxyl groups is 3. The van der Waals surface area contributed by atoms with Crippen LogP contribution in [0.15, 0.2) is 58.1 Å². The molecule has 14 heteroatoms. The molecule has 0 unspecified atom stereocenters. The Hall–Kier alpha value is -3.82. The molecule has 268 valence electrons. The predicted octanol–water partition coefficient (Wildman–Crippen LogP) is 1.03. The van der Waals surface area contributed by atoms with Crippen molar-refractivity contribution in [2.45, 2.75) is 77.8 Å². The molecule has 8 N–H and O–H groups in total. The van der Waals surface area contributed by atoms with Crippen LogP contribution in [-0.4, -0.2) is 104 Å². The number of nitrogens with one attached hydrogen (secondary N) is 3. The Morgan fingerprint density at radius 3 is 2.19 bits per heavy atom. The lowest BCUT2D eigenvalue weighted by atomic mass is 9.84. The third-order valence-electron chi connectivity index (χ3n) is 8.22. The van der Waals surface area contributed by atoms with Crippen LogP contribution in [0.5, 0.6) is 0 Å². The third-order valence-corrected chi connectivity index (χ3v) is 8.22. The Morgan fingerprint density at radius 1 is 1.00 bits per heavy atom. The summed E-state index contributed by atoms with van der Waals surface area (Å²) in [5, 5.41) is 38.6. The second-order valence-corrected chi connectivity index (χ2v) is 12.1.